The monoisotopic (exact) mass is 322 g/mol. The lowest BCUT2D eigenvalue weighted by atomic mass is 9.93. The molecular formula is C13H18N6O2S. The average molecular weight is 322 g/mol. The predicted octanol–water partition coefficient (Wildman–Crippen LogP) is 1.19. The van der Waals surface area contributed by atoms with Gasteiger partial charge in [-0.1, -0.05) is 0 Å². The highest BCUT2D eigenvalue weighted by molar-refractivity contribution is 7.92. The smallest absolute Gasteiger partial charge is 0.268 e. The summed E-state index contributed by atoms with van der Waals surface area (Å²) in [6, 6.07) is 0.195. The third kappa shape index (κ3) is 1.95. The molecule has 3 heterocycles. The molecule has 22 heavy (non-hydrogen) atoms. The highest BCUT2D eigenvalue weighted by atomic mass is 32.2. The molecule has 1 atom stereocenters. The van der Waals surface area contributed by atoms with Crippen LogP contribution in [0.3, 0.4) is 0 Å². The van der Waals surface area contributed by atoms with E-state index in [1.807, 2.05) is 6.92 Å². The van der Waals surface area contributed by atoms with E-state index in [9.17, 15) is 8.42 Å². The summed E-state index contributed by atoms with van der Waals surface area (Å²) in [4.78, 5) is 4.35. The predicted molar refractivity (Wildman–Crippen MR) is 78.9 cm³/mol. The standard InChI is InChI=1S/C13H18N6O2S/c1-10-5-6-17-13(14-9-16-17)19(10)22(20,21)12-7-15-18(8-12)11-3-2-4-11/h7-11H,2-6H2,1H3. The lowest BCUT2D eigenvalue weighted by molar-refractivity contribution is 0.289. The molecule has 1 fully saturated rings. The second kappa shape index (κ2) is 4.80. The number of aryl methyl sites for hydroxylation is 1. The number of nitrogens with zero attached hydrogens (tertiary/aromatic N) is 6. The zero-order valence-corrected chi connectivity index (χ0v) is 13.1. The SMILES string of the molecule is CC1CCn2ncnc2N1S(=O)(=O)c1cnn(C2CCC2)c1. The van der Waals surface area contributed by atoms with Crippen molar-refractivity contribution < 1.29 is 8.42 Å². The van der Waals surface area contributed by atoms with Crippen LogP contribution in [0.5, 0.6) is 0 Å². The molecule has 2 aliphatic rings. The second-order valence-corrected chi connectivity index (χ2v) is 7.78. The fraction of sp³-hybridized carbons (Fsp3) is 0.615. The van der Waals surface area contributed by atoms with Gasteiger partial charge in [0.15, 0.2) is 0 Å². The van der Waals surface area contributed by atoms with E-state index in [1.54, 1.807) is 15.6 Å². The van der Waals surface area contributed by atoms with Crippen molar-refractivity contribution >= 4 is 16.0 Å². The summed E-state index contributed by atoms with van der Waals surface area (Å²) in [5.41, 5.74) is 0. The Balaban J connectivity index is 1.73. The summed E-state index contributed by atoms with van der Waals surface area (Å²) in [5, 5.41) is 8.32. The molecule has 0 aromatic carbocycles. The molecule has 1 aliphatic carbocycles. The van der Waals surface area contributed by atoms with Crippen molar-refractivity contribution in [2.75, 3.05) is 4.31 Å². The molecule has 2 aromatic heterocycles. The fourth-order valence-corrected chi connectivity index (χ4v) is 4.56. The molecule has 1 unspecified atom stereocenters. The highest BCUT2D eigenvalue weighted by Crippen LogP contribution is 2.33. The van der Waals surface area contributed by atoms with Gasteiger partial charge in [-0.25, -0.2) is 17.4 Å². The van der Waals surface area contributed by atoms with Gasteiger partial charge >= 0.3 is 0 Å². The molecule has 0 radical (unpaired) electrons. The molecule has 0 amide bonds. The van der Waals surface area contributed by atoms with Crippen molar-refractivity contribution in [1.29, 1.82) is 0 Å². The Morgan fingerprint density at radius 3 is 2.77 bits per heavy atom. The Morgan fingerprint density at radius 2 is 2.05 bits per heavy atom. The molecule has 9 heteroatoms. The number of sulfonamides is 1. The Morgan fingerprint density at radius 1 is 1.23 bits per heavy atom. The third-order valence-electron chi connectivity index (χ3n) is 4.53. The summed E-state index contributed by atoms with van der Waals surface area (Å²) in [5.74, 6) is 0.384. The molecule has 1 saturated carbocycles. The number of aromatic nitrogens is 5. The molecule has 0 bridgehead atoms. The van der Waals surface area contributed by atoms with E-state index in [1.165, 1.54) is 23.3 Å². The first-order chi connectivity index (χ1) is 10.6. The minimum atomic E-state index is -3.66. The Hall–Kier alpha value is -1.90. The van der Waals surface area contributed by atoms with E-state index in [0.717, 1.165) is 12.8 Å². The zero-order chi connectivity index (χ0) is 15.3. The van der Waals surface area contributed by atoms with Crippen molar-refractivity contribution in [3.8, 4) is 0 Å². The lowest BCUT2D eigenvalue weighted by Gasteiger charge is -2.32. The van der Waals surface area contributed by atoms with Crippen LogP contribution in [0.1, 0.15) is 38.6 Å². The summed E-state index contributed by atoms with van der Waals surface area (Å²) >= 11 is 0. The van der Waals surface area contributed by atoms with Crippen molar-refractivity contribution in [3.63, 3.8) is 0 Å². The Labute approximate surface area is 128 Å². The molecule has 1 aliphatic heterocycles. The summed E-state index contributed by atoms with van der Waals surface area (Å²) < 4.78 is 30.8. The third-order valence-corrected chi connectivity index (χ3v) is 6.38. The van der Waals surface area contributed by atoms with Crippen LogP contribution in [0.15, 0.2) is 23.6 Å². The van der Waals surface area contributed by atoms with Gasteiger partial charge in [0.2, 0.25) is 5.95 Å². The molecule has 4 rings (SSSR count). The van der Waals surface area contributed by atoms with Crippen molar-refractivity contribution in [1.82, 2.24) is 24.5 Å². The lowest BCUT2D eigenvalue weighted by Crippen LogP contribution is -2.44. The van der Waals surface area contributed by atoms with E-state index in [0.29, 0.717) is 25.0 Å². The summed E-state index contributed by atoms with van der Waals surface area (Å²) in [7, 11) is -3.66. The average Bonchev–Trinajstić information content (AvgIpc) is 3.04. The topological polar surface area (TPSA) is 85.9 Å². The Bertz CT molecular complexity index is 791. The fourth-order valence-electron chi connectivity index (χ4n) is 2.97. The van der Waals surface area contributed by atoms with E-state index in [-0.39, 0.29) is 10.9 Å². The number of hydrogen-bond donors (Lipinski definition) is 0. The van der Waals surface area contributed by atoms with Gasteiger partial charge in [0.1, 0.15) is 11.2 Å². The van der Waals surface area contributed by atoms with Crippen molar-refractivity contribution in [2.45, 2.75) is 56.1 Å². The first kappa shape index (κ1) is 13.7. The van der Waals surface area contributed by atoms with E-state index in [4.69, 9.17) is 0 Å². The van der Waals surface area contributed by atoms with Crippen LogP contribution in [-0.2, 0) is 16.6 Å². The van der Waals surface area contributed by atoms with Gasteiger partial charge in [-0.2, -0.15) is 15.2 Å². The van der Waals surface area contributed by atoms with Gasteiger partial charge in [-0.05, 0) is 32.6 Å². The van der Waals surface area contributed by atoms with Crippen LogP contribution < -0.4 is 4.31 Å². The highest BCUT2D eigenvalue weighted by Gasteiger charge is 2.37. The van der Waals surface area contributed by atoms with E-state index in [2.05, 4.69) is 15.2 Å². The van der Waals surface area contributed by atoms with Crippen LogP contribution in [0.4, 0.5) is 5.95 Å². The molecule has 118 valence electrons. The van der Waals surface area contributed by atoms with Gasteiger partial charge in [-0.3, -0.25) is 4.68 Å². The van der Waals surface area contributed by atoms with E-state index < -0.39 is 10.0 Å². The molecule has 2 aromatic rings. The van der Waals surface area contributed by atoms with Gasteiger partial charge in [-0.15, -0.1) is 0 Å². The quantitative estimate of drug-likeness (QED) is 0.847. The molecule has 0 N–H and O–H groups in total. The van der Waals surface area contributed by atoms with Gasteiger partial charge in [0, 0.05) is 18.8 Å². The molecular weight excluding hydrogens is 304 g/mol. The minimum Gasteiger partial charge on any atom is -0.268 e. The van der Waals surface area contributed by atoms with Crippen LogP contribution in [0, 0.1) is 0 Å². The van der Waals surface area contributed by atoms with Crippen LogP contribution in [-0.4, -0.2) is 39.0 Å². The Kier molecular flexibility index (Phi) is 3.00. The second-order valence-electron chi connectivity index (χ2n) is 5.96. The summed E-state index contributed by atoms with van der Waals surface area (Å²) in [6.45, 7) is 2.58. The van der Waals surface area contributed by atoms with Crippen molar-refractivity contribution in [2.24, 2.45) is 0 Å². The normalized spacial score (nSPS) is 22.4. The first-order valence-electron chi connectivity index (χ1n) is 7.54. The number of hydrogen-bond acceptors (Lipinski definition) is 5. The number of fused-ring (bicyclic) bond motifs is 1. The van der Waals surface area contributed by atoms with Crippen LogP contribution in [0.2, 0.25) is 0 Å². The summed E-state index contributed by atoms with van der Waals surface area (Å²) in [6.07, 6.45) is 8.50. The van der Waals surface area contributed by atoms with Crippen LogP contribution >= 0.6 is 0 Å². The van der Waals surface area contributed by atoms with Gasteiger partial charge < -0.3 is 0 Å². The first-order valence-corrected chi connectivity index (χ1v) is 8.98. The van der Waals surface area contributed by atoms with Crippen LogP contribution in [0.25, 0.3) is 0 Å². The van der Waals surface area contributed by atoms with Gasteiger partial charge in [0.25, 0.3) is 10.0 Å². The van der Waals surface area contributed by atoms with Crippen molar-refractivity contribution in [3.05, 3.63) is 18.7 Å². The maximum atomic E-state index is 13.0. The zero-order valence-electron chi connectivity index (χ0n) is 12.3. The minimum absolute atomic E-state index is 0.145. The molecule has 0 spiro atoms. The molecule has 0 saturated heterocycles. The maximum absolute atomic E-state index is 13.0. The number of rotatable bonds is 3. The largest absolute Gasteiger partial charge is 0.270 e. The maximum Gasteiger partial charge on any atom is 0.270 e. The number of anilines is 1. The van der Waals surface area contributed by atoms with Gasteiger partial charge in [0.05, 0.1) is 12.2 Å². The van der Waals surface area contributed by atoms with E-state index >= 15 is 0 Å². The molecule has 8 nitrogen and oxygen atoms in total.